The number of aliphatic hydroxyl groups excluding tert-OH is 2. The summed E-state index contributed by atoms with van der Waals surface area (Å²) in [5.74, 6) is 0.580. The van der Waals surface area contributed by atoms with E-state index in [2.05, 4.69) is 30.9 Å². The van der Waals surface area contributed by atoms with E-state index in [0.717, 1.165) is 6.07 Å². The normalized spacial score (nSPS) is 12.4. The number of anilines is 3. The number of alkyl halides is 3. The van der Waals surface area contributed by atoms with Crippen LogP contribution in [0.3, 0.4) is 0 Å². The van der Waals surface area contributed by atoms with Crippen LogP contribution in [0, 0.1) is 0 Å². The number of urea groups is 1. The second-order valence-electron chi connectivity index (χ2n) is 7.38. The summed E-state index contributed by atoms with van der Waals surface area (Å²) >= 11 is 0. The van der Waals surface area contributed by atoms with Gasteiger partial charge in [-0.05, 0) is 42.0 Å². The number of carbonyl (C=O) groups is 1. The quantitative estimate of drug-likeness (QED) is 0.281. The van der Waals surface area contributed by atoms with Crippen LogP contribution >= 0.6 is 0 Å². The summed E-state index contributed by atoms with van der Waals surface area (Å²) in [4.78, 5) is 25.0. The summed E-state index contributed by atoms with van der Waals surface area (Å²) in [6.07, 6.45) is -3.48. The van der Waals surface area contributed by atoms with E-state index in [1.165, 1.54) is 12.4 Å². The van der Waals surface area contributed by atoms with Gasteiger partial charge in [0, 0.05) is 24.1 Å². The van der Waals surface area contributed by atoms with Gasteiger partial charge in [-0.15, -0.1) is 0 Å². The zero-order chi connectivity index (χ0) is 25.2. The highest BCUT2D eigenvalue weighted by atomic mass is 19.4. The van der Waals surface area contributed by atoms with E-state index in [0.29, 0.717) is 34.4 Å². The van der Waals surface area contributed by atoms with Crippen molar-refractivity contribution in [2.24, 2.45) is 0 Å². The van der Waals surface area contributed by atoms with Crippen molar-refractivity contribution in [1.29, 1.82) is 0 Å². The molecule has 4 rings (SSSR count). The molecule has 4 aromatic rings. The van der Waals surface area contributed by atoms with Crippen LogP contribution in [0.4, 0.5) is 35.2 Å². The Balaban J connectivity index is 1.49. The maximum atomic E-state index is 13.4. The third kappa shape index (κ3) is 5.00. The third-order valence-electron chi connectivity index (χ3n) is 5.12. The molecular formula is C22H20F3N7O3. The van der Waals surface area contributed by atoms with Crippen LogP contribution in [0.15, 0.2) is 55.1 Å². The second-order valence-corrected chi connectivity index (χ2v) is 7.38. The average Bonchev–Trinajstić information content (AvgIpc) is 3.28. The molecule has 0 saturated heterocycles. The van der Waals surface area contributed by atoms with Gasteiger partial charge in [-0.2, -0.15) is 13.2 Å². The Hall–Kier alpha value is -4.23. The van der Waals surface area contributed by atoms with Crippen molar-refractivity contribution >= 4 is 34.4 Å². The molecule has 13 heteroatoms. The van der Waals surface area contributed by atoms with Crippen LogP contribution in [0.1, 0.15) is 17.2 Å². The zero-order valence-corrected chi connectivity index (χ0v) is 18.2. The molecule has 0 radical (unpaired) electrons. The van der Waals surface area contributed by atoms with Crippen molar-refractivity contribution < 1.29 is 28.2 Å². The molecular weight excluding hydrogens is 467 g/mol. The summed E-state index contributed by atoms with van der Waals surface area (Å²) in [5, 5.41) is 26.5. The summed E-state index contributed by atoms with van der Waals surface area (Å²) in [6.45, 7) is -0.870. The van der Waals surface area contributed by atoms with Crippen LogP contribution in [-0.4, -0.2) is 49.4 Å². The summed E-state index contributed by atoms with van der Waals surface area (Å²) in [6, 6.07) is 8.80. The number of hydrogen-bond donors (Lipinski definition) is 5. The van der Waals surface area contributed by atoms with E-state index in [-0.39, 0.29) is 5.69 Å². The summed E-state index contributed by atoms with van der Waals surface area (Å²) in [7, 11) is 1.73. The van der Waals surface area contributed by atoms with Gasteiger partial charge in [0.05, 0.1) is 12.2 Å². The van der Waals surface area contributed by atoms with Crippen molar-refractivity contribution in [3.8, 4) is 5.69 Å². The topological polar surface area (TPSA) is 137 Å². The van der Waals surface area contributed by atoms with Crippen LogP contribution in [0.2, 0.25) is 0 Å². The molecule has 5 N–H and O–H groups in total. The van der Waals surface area contributed by atoms with Crippen LogP contribution in [0.25, 0.3) is 16.9 Å². The number of benzene rings is 2. The minimum Gasteiger partial charge on any atom is -0.393 e. The maximum absolute atomic E-state index is 13.4. The van der Waals surface area contributed by atoms with E-state index in [1.54, 1.807) is 42.2 Å². The van der Waals surface area contributed by atoms with Gasteiger partial charge in [-0.25, -0.2) is 19.7 Å². The maximum Gasteiger partial charge on any atom is 0.416 e. The molecule has 1 unspecified atom stereocenters. The highest BCUT2D eigenvalue weighted by Gasteiger charge is 2.35. The number of aliphatic hydroxyl groups is 2. The Morgan fingerprint density at radius 2 is 1.74 bits per heavy atom. The van der Waals surface area contributed by atoms with Gasteiger partial charge in [0.1, 0.15) is 18.8 Å². The molecule has 0 aliphatic heterocycles. The SMILES string of the molecule is CNc1ncnc2c1ncn2-c1ccc(NC(=O)Nc2ccc(C(O)CO)c(C(F)(F)F)c2)cc1. The molecule has 0 spiro atoms. The number of nitrogens with zero attached hydrogens (tertiary/aromatic N) is 4. The fourth-order valence-electron chi connectivity index (χ4n) is 3.47. The van der Waals surface area contributed by atoms with Crippen molar-refractivity contribution in [3.63, 3.8) is 0 Å². The number of rotatable bonds is 6. The average molecular weight is 487 g/mol. The smallest absolute Gasteiger partial charge is 0.393 e. The standard InChI is InChI=1S/C22H20F3N7O3/c1-26-19-18-20(28-10-27-19)32(11-29-18)14-5-2-12(3-6-14)30-21(35)31-13-4-7-15(17(34)9-33)16(8-13)22(23,24)25/h2-8,10-11,17,33-34H,9H2,1H3,(H,26,27,28)(H2,30,31,35). The van der Waals surface area contributed by atoms with Gasteiger partial charge >= 0.3 is 12.2 Å². The fourth-order valence-corrected chi connectivity index (χ4v) is 3.47. The van der Waals surface area contributed by atoms with E-state index in [4.69, 9.17) is 5.11 Å². The largest absolute Gasteiger partial charge is 0.416 e. The van der Waals surface area contributed by atoms with Gasteiger partial charge in [0.25, 0.3) is 0 Å². The van der Waals surface area contributed by atoms with E-state index in [1.807, 2.05) is 0 Å². The Bertz CT molecular complexity index is 1360. The van der Waals surface area contributed by atoms with Crippen LogP contribution in [-0.2, 0) is 6.18 Å². The molecule has 10 nitrogen and oxygen atoms in total. The Kier molecular flexibility index (Phi) is 6.53. The second kappa shape index (κ2) is 9.56. The number of aromatic nitrogens is 4. The lowest BCUT2D eigenvalue weighted by atomic mass is 10.0. The molecule has 1 atom stereocenters. The first-order valence-electron chi connectivity index (χ1n) is 10.3. The number of amides is 2. The first-order valence-corrected chi connectivity index (χ1v) is 10.3. The van der Waals surface area contributed by atoms with Gasteiger partial charge < -0.3 is 26.2 Å². The van der Waals surface area contributed by atoms with Gasteiger partial charge in [0.15, 0.2) is 17.0 Å². The molecule has 2 aromatic heterocycles. The minimum absolute atomic E-state index is 0.134. The lowest BCUT2D eigenvalue weighted by molar-refractivity contribution is -0.139. The molecule has 0 aliphatic rings. The number of halogens is 3. The Morgan fingerprint density at radius 3 is 2.40 bits per heavy atom. The monoisotopic (exact) mass is 487 g/mol. The molecule has 35 heavy (non-hydrogen) atoms. The molecule has 182 valence electrons. The van der Waals surface area contributed by atoms with Crippen LogP contribution < -0.4 is 16.0 Å². The number of hydrogen-bond acceptors (Lipinski definition) is 7. The molecule has 2 aromatic carbocycles. The van der Waals surface area contributed by atoms with Crippen LogP contribution in [0.5, 0.6) is 0 Å². The zero-order valence-electron chi connectivity index (χ0n) is 18.2. The minimum atomic E-state index is -4.79. The molecule has 0 aliphatic carbocycles. The number of nitrogens with one attached hydrogen (secondary N) is 3. The number of fused-ring (bicyclic) bond motifs is 1. The van der Waals surface area contributed by atoms with Crippen molar-refractivity contribution in [1.82, 2.24) is 19.5 Å². The number of imidazole rings is 1. The number of carbonyl (C=O) groups excluding carboxylic acids is 1. The highest BCUT2D eigenvalue weighted by Crippen LogP contribution is 2.36. The molecule has 0 fully saturated rings. The van der Waals surface area contributed by atoms with E-state index in [9.17, 15) is 23.1 Å². The molecule has 0 bridgehead atoms. The fraction of sp³-hybridized carbons (Fsp3) is 0.182. The molecule has 0 saturated carbocycles. The lowest BCUT2D eigenvalue weighted by Crippen LogP contribution is -2.20. The first-order chi connectivity index (χ1) is 16.7. The van der Waals surface area contributed by atoms with Gasteiger partial charge in [0.2, 0.25) is 0 Å². The lowest BCUT2D eigenvalue weighted by Gasteiger charge is -2.18. The van der Waals surface area contributed by atoms with Gasteiger partial charge in [-0.1, -0.05) is 6.07 Å². The van der Waals surface area contributed by atoms with E-state index >= 15 is 0 Å². The predicted octanol–water partition coefficient (Wildman–Crippen LogP) is 3.55. The van der Waals surface area contributed by atoms with Gasteiger partial charge in [-0.3, -0.25) is 4.57 Å². The van der Waals surface area contributed by atoms with E-state index < -0.39 is 36.0 Å². The molecule has 2 heterocycles. The van der Waals surface area contributed by atoms with Crippen molar-refractivity contribution in [2.75, 3.05) is 29.6 Å². The predicted molar refractivity (Wildman–Crippen MR) is 122 cm³/mol. The summed E-state index contributed by atoms with van der Waals surface area (Å²) < 4.78 is 41.8. The molecule has 2 amide bonds. The highest BCUT2D eigenvalue weighted by molar-refractivity contribution is 5.99. The summed E-state index contributed by atoms with van der Waals surface area (Å²) in [5.41, 5.74) is 0.506. The first kappa shape index (κ1) is 23.9. The Labute approximate surface area is 196 Å². The third-order valence-corrected chi connectivity index (χ3v) is 5.12. The van der Waals surface area contributed by atoms with Crippen molar-refractivity contribution in [2.45, 2.75) is 12.3 Å². The van der Waals surface area contributed by atoms with Crippen molar-refractivity contribution in [3.05, 3.63) is 66.2 Å². The Morgan fingerprint density at radius 1 is 1.06 bits per heavy atom.